The minimum atomic E-state index is -0.556. The van der Waals surface area contributed by atoms with Crippen molar-refractivity contribution in [3.05, 3.63) is 0 Å². The third-order valence-electron chi connectivity index (χ3n) is 3.85. The topological polar surface area (TPSA) is 46.2 Å². The van der Waals surface area contributed by atoms with Crippen LogP contribution in [0.4, 0.5) is 0 Å². The lowest BCUT2D eigenvalue weighted by molar-refractivity contribution is -0.344. The van der Waals surface area contributed by atoms with Crippen LogP contribution < -0.4 is 0 Å². The van der Waals surface area contributed by atoms with Crippen LogP contribution in [0.5, 0.6) is 0 Å². The molecule has 3 aliphatic heterocycles. The molecular weight excluding hydrogens is 236 g/mol. The average Bonchev–Trinajstić information content (AvgIpc) is 2.71. The normalized spacial score (nSPS) is 46.5. The Balaban J connectivity index is 1.71. The minimum Gasteiger partial charge on any atom is -0.373 e. The summed E-state index contributed by atoms with van der Waals surface area (Å²) in [7, 11) is 0. The molecule has 3 fully saturated rings. The highest BCUT2D eigenvalue weighted by Crippen LogP contribution is 2.39. The molecule has 0 aromatic rings. The van der Waals surface area contributed by atoms with Gasteiger partial charge in [0.05, 0.1) is 19.3 Å². The molecule has 3 heterocycles. The first-order valence-electron chi connectivity index (χ1n) is 6.79. The van der Waals surface area contributed by atoms with Crippen LogP contribution in [0, 0.1) is 5.92 Å². The Kier molecular flexibility index (Phi) is 3.36. The van der Waals surface area contributed by atoms with Crippen molar-refractivity contribution in [2.45, 2.75) is 57.6 Å². The summed E-state index contributed by atoms with van der Waals surface area (Å²) < 4.78 is 29.0. The molecule has 104 valence electrons. The van der Waals surface area contributed by atoms with Crippen LogP contribution in [-0.4, -0.2) is 50.2 Å². The second kappa shape index (κ2) is 4.72. The Hall–Kier alpha value is -0.200. The summed E-state index contributed by atoms with van der Waals surface area (Å²) in [6.07, 6.45) is 0.801. The zero-order chi connectivity index (χ0) is 12.8. The van der Waals surface area contributed by atoms with Crippen LogP contribution in [-0.2, 0) is 23.7 Å². The van der Waals surface area contributed by atoms with Gasteiger partial charge in [-0.3, -0.25) is 0 Å². The first-order chi connectivity index (χ1) is 8.59. The third kappa shape index (κ3) is 2.30. The molecule has 0 amide bonds. The van der Waals surface area contributed by atoms with Crippen molar-refractivity contribution in [3.8, 4) is 0 Å². The standard InChI is InChI=1S/C13H22O5/c1-4-14-10-5-8-6-15-9-7-16-13(2,3)18-12(9)11(8)17-10/h8-12H,4-7H2,1-3H3/t8-,9-,10?,11-,12-/m1/s1. The zero-order valence-corrected chi connectivity index (χ0v) is 11.3. The quantitative estimate of drug-likeness (QED) is 0.747. The Morgan fingerprint density at radius 2 is 2.06 bits per heavy atom. The first-order valence-corrected chi connectivity index (χ1v) is 6.79. The molecule has 0 bridgehead atoms. The molecule has 0 aliphatic carbocycles. The number of ether oxygens (including phenoxy) is 5. The second-order valence-electron chi connectivity index (χ2n) is 5.65. The summed E-state index contributed by atoms with van der Waals surface area (Å²) in [5, 5.41) is 0. The highest BCUT2D eigenvalue weighted by atomic mass is 16.7. The molecule has 18 heavy (non-hydrogen) atoms. The van der Waals surface area contributed by atoms with Crippen LogP contribution in [0.25, 0.3) is 0 Å². The molecular formula is C13H22O5. The minimum absolute atomic E-state index is 0.0142. The molecule has 1 unspecified atom stereocenters. The fourth-order valence-corrected chi connectivity index (χ4v) is 3.01. The van der Waals surface area contributed by atoms with E-state index in [1.807, 2.05) is 20.8 Å². The van der Waals surface area contributed by atoms with Crippen LogP contribution in [0.3, 0.4) is 0 Å². The molecule has 0 aromatic heterocycles. The van der Waals surface area contributed by atoms with E-state index in [2.05, 4.69) is 0 Å². The van der Waals surface area contributed by atoms with E-state index >= 15 is 0 Å². The number of fused-ring (bicyclic) bond motifs is 3. The van der Waals surface area contributed by atoms with Crippen LogP contribution in [0.2, 0.25) is 0 Å². The van der Waals surface area contributed by atoms with E-state index in [9.17, 15) is 0 Å². The maximum Gasteiger partial charge on any atom is 0.163 e. The summed E-state index contributed by atoms with van der Waals surface area (Å²) in [4.78, 5) is 0. The summed E-state index contributed by atoms with van der Waals surface area (Å²) in [5.74, 6) is -0.184. The van der Waals surface area contributed by atoms with E-state index in [4.69, 9.17) is 23.7 Å². The van der Waals surface area contributed by atoms with Gasteiger partial charge in [-0.1, -0.05) is 0 Å². The van der Waals surface area contributed by atoms with Gasteiger partial charge in [-0.05, 0) is 20.8 Å². The van der Waals surface area contributed by atoms with Crippen molar-refractivity contribution in [1.29, 1.82) is 0 Å². The lowest BCUT2D eigenvalue weighted by Gasteiger charge is -2.46. The maximum absolute atomic E-state index is 5.99. The molecule has 0 saturated carbocycles. The first kappa shape index (κ1) is 12.8. The molecule has 0 spiro atoms. The van der Waals surface area contributed by atoms with Crippen molar-refractivity contribution in [2.75, 3.05) is 19.8 Å². The van der Waals surface area contributed by atoms with Crippen molar-refractivity contribution in [3.63, 3.8) is 0 Å². The average molecular weight is 258 g/mol. The molecule has 5 heteroatoms. The zero-order valence-electron chi connectivity index (χ0n) is 11.3. The van der Waals surface area contributed by atoms with Crippen LogP contribution in [0.15, 0.2) is 0 Å². The highest BCUT2D eigenvalue weighted by Gasteiger charge is 2.52. The number of hydrogen-bond acceptors (Lipinski definition) is 5. The summed E-state index contributed by atoms with van der Waals surface area (Å²) in [6, 6.07) is 0. The van der Waals surface area contributed by atoms with E-state index in [0.29, 0.717) is 25.7 Å². The predicted octanol–water partition coefficient (Wildman–Crippen LogP) is 1.30. The molecule has 3 saturated heterocycles. The van der Waals surface area contributed by atoms with Gasteiger partial charge < -0.3 is 23.7 Å². The predicted molar refractivity (Wildman–Crippen MR) is 63.0 cm³/mol. The monoisotopic (exact) mass is 258 g/mol. The number of hydrogen-bond donors (Lipinski definition) is 0. The summed E-state index contributed by atoms with van der Waals surface area (Å²) in [5.41, 5.74) is 0. The van der Waals surface area contributed by atoms with E-state index in [1.165, 1.54) is 0 Å². The molecule has 3 rings (SSSR count). The van der Waals surface area contributed by atoms with E-state index in [0.717, 1.165) is 6.42 Å². The lowest BCUT2D eigenvalue weighted by atomic mass is 9.91. The molecule has 0 aromatic carbocycles. The molecule has 0 N–H and O–H groups in total. The molecule has 3 aliphatic rings. The summed E-state index contributed by atoms with van der Waals surface area (Å²) in [6.45, 7) is 7.81. The van der Waals surface area contributed by atoms with Crippen LogP contribution >= 0.6 is 0 Å². The Morgan fingerprint density at radius 1 is 1.22 bits per heavy atom. The maximum atomic E-state index is 5.99. The Labute approximate surface area is 108 Å². The lowest BCUT2D eigenvalue weighted by Crippen LogP contribution is -2.59. The molecule has 5 nitrogen and oxygen atoms in total. The van der Waals surface area contributed by atoms with Gasteiger partial charge in [-0.2, -0.15) is 0 Å². The second-order valence-corrected chi connectivity index (χ2v) is 5.65. The Morgan fingerprint density at radius 3 is 2.83 bits per heavy atom. The third-order valence-corrected chi connectivity index (χ3v) is 3.85. The van der Waals surface area contributed by atoms with E-state index < -0.39 is 5.79 Å². The molecule has 0 radical (unpaired) electrons. The van der Waals surface area contributed by atoms with Gasteiger partial charge in [0.25, 0.3) is 0 Å². The fraction of sp³-hybridized carbons (Fsp3) is 1.00. The van der Waals surface area contributed by atoms with Crippen LogP contribution in [0.1, 0.15) is 27.2 Å². The van der Waals surface area contributed by atoms with Gasteiger partial charge in [-0.15, -0.1) is 0 Å². The van der Waals surface area contributed by atoms with Gasteiger partial charge in [0, 0.05) is 18.9 Å². The fourth-order valence-electron chi connectivity index (χ4n) is 3.01. The van der Waals surface area contributed by atoms with Crippen molar-refractivity contribution in [2.24, 2.45) is 5.92 Å². The van der Waals surface area contributed by atoms with E-state index in [-0.39, 0.29) is 24.6 Å². The van der Waals surface area contributed by atoms with Crippen molar-refractivity contribution < 1.29 is 23.7 Å². The molecule has 5 atom stereocenters. The van der Waals surface area contributed by atoms with Gasteiger partial charge in [0.2, 0.25) is 0 Å². The largest absolute Gasteiger partial charge is 0.373 e. The van der Waals surface area contributed by atoms with E-state index in [1.54, 1.807) is 0 Å². The van der Waals surface area contributed by atoms with Gasteiger partial charge >= 0.3 is 0 Å². The smallest absolute Gasteiger partial charge is 0.163 e. The SMILES string of the molecule is CCOC1C[C@@H]2CO[C@@H]3COC(C)(C)O[C@H]3[C@@H]2O1. The Bertz CT molecular complexity index is 306. The highest BCUT2D eigenvalue weighted by molar-refractivity contribution is 4.95. The van der Waals surface area contributed by atoms with Gasteiger partial charge in [0.1, 0.15) is 12.2 Å². The number of rotatable bonds is 2. The van der Waals surface area contributed by atoms with Gasteiger partial charge in [0.15, 0.2) is 12.1 Å². The summed E-state index contributed by atoms with van der Waals surface area (Å²) >= 11 is 0. The van der Waals surface area contributed by atoms with Gasteiger partial charge in [-0.25, -0.2) is 0 Å². The van der Waals surface area contributed by atoms with Crippen molar-refractivity contribution in [1.82, 2.24) is 0 Å². The van der Waals surface area contributed by atoms with Crippen molar-refractivity contribution >= 4 is 0 Å².